The van der Waals surface area contributed by atoms with Gasteiger partial charge in [0.1, 0.15) is 11.6 Å². The molecule has 0 aliphatic carbocycles. The van der Waals surface area contributed by atoms with Crippen LogP contribution in [0.3, 0.4) is 0 Å². The molecule has 0 saturated heterocycles. The third-order valence-electron chi connectivity index (χ3n) is 3.76. The number of guanidine groups is 1. The molecule has 2 N–H and O–H groups in total. The minimum absolute atomic E-state index is 0. The number of hydrogen-bond donors (Lipinski definition) is 2. The van der Waals surface area contributed by atoms with E-state index in [1.54, 1.807) is 6.20 Å². The highest BCUT2D eigenvalue weighted by Gasteiger charge is 2.11. The van der Waals surface area contributed by atoms with Crippen molar-refractivity contribution in [3.63, 3.8) is 0 Å². The van der Waals surface area contributed by atoms with Gasteiger partial charge in [0.05, 0.1) is 0 Å². The van der Waals surface area contributed by atoms with E-state index in [1.807, 2.05) is 32.0 Å². The van der Waals surface area contributed by atoms with Crippen LogP contribution in [0.25, 0.3) is 0 Å². The highest BCUT2D eigenvalue weighted by atomic mass is 127. The second-order valence-corrected chi connectivity index (χ2v) is 5.78. The first-order valence-electron chi connectivity index (χ1n) is 8.47. The van der Waals surface area contributed by atoms with Gasteiger partial charge in [-0.2, -0.15) is 0 Å². The lowest BCUT2D eigenvalue weighted by Gasteiger charge is -2.14. The largest absolute Gasteiger partial charge is 0.357 e. The van der Waals surface area contributed by atoms with Crippen molar-refractivity contribution in [2.45, 2.75) is 26.2 Å². The van der Waals surface area contributed by atoms with E-state index in [2.05, 4.69) is 20.6 Å². The van der Waals surface area contributed by atoms with Crippen molar-refractivity contribution in [3.05, 3.63) is 65.5 Å². The van der Waals surface area contributed by atoms with Crippen molar-refractivity contribution < 1.29 is 8.78 Å². The Labute approximate surface area is 170 Å². The van der Waals surface area contributed by atoms with Crippen LogP contribution < -0.4 is 10.6 Å². The van der Waals surface area contributed by atoms with Gasteiger partial charge >= 0.3 is 0 Å². The van der Waals surface area contributed by atoms with Crippen LogP contribution in [0, 0.1) is 11.6 Å². The topological polar surface area (TPSA) is 49.3 Å². The lowest BCUT2D eigenvalue weighted by atomic mass is 10.0. The molecule has 4 nitrogen and oxygen atoms in total. The molecular formula is C19H25F2IN4. The van der Waals surface area contributed by atoms with Gasteiger partial charge in [-0.05, 0) is 30.7 Å². The molecule has 1 atom stereocenters. The fourth-order valence-corrected chi connectivity index (χ4v) is 2.42. The Balaban J connectivity index is 0.00000338. The third-order valence-corrected chi connectivity index (χ3v) is 3.76. The van der Waals surface area contributed by atoms with E-state index in [1.165, 1.54) is 12.1 Å². The van der Waals surface area contributed by atoms with Crippen molar-refractivity contribution >= 4 is 29.9 Å². The summed E-state index contributed by atoms with van der Waals surface area (Å²) in [5.41, 5.74) is 1.47. The van der Waals surface area contributed by atoms with Gasteiger partial charge in [0.2, 0.25) is 0 Å². The van der Waals surface area contributed by atoms with E-state index in [4.69, 9.17) is 0 Å². The molecule has 1 aromatic carbocycles. The zero-order valence-corrected chi connectivity index (χ0v) is 17.3. The highest BCUT2D eigenvalue weighted by Crippen LogP contribution is 2.20. The molecule has 2 aromatic rings. The van der Waals surface area contributed by atoms with Gasteiger partial charge < -0.3 is 10.6 Å². The summed E-state index contributed by atoms with van der Waals surface area (Å²) in [4.78, 5) is 8.78. The Morgan fingerprint density at radius 3 is 2.65 bits per heavy atom. The molecule has 1 aromatic heterocycles. The quantitative estimate of drug-likeness (QED) is 0.364. The smallest absolute Gasteiger partial charge is 0.191 e. The molecule has 0 aliphatic heterocycles. The Hall–Kier alpha value is -1.77. The molecule has 1 heterocycles. The van der Waals surface area contributed by atoms with Gasteiger partial charge in [0.25, 0.3) is 0 Å². The summed E-state index contributed by atoms with van der Waals surface area (Å²) < 4.78 is 26.8. The molecule has 0 spiro atoms. The SMILES string of the molecule is CCNC(=NCC(C)c1ccc(F)cc1F)NCCc1ccccn1.I. The maximum absolute atomic E-state index is 13.8. The van der Waals surface area contributed by atoms with E-state index in [0.29, 0.717) is 24.6 Å². The van der Waals surface area contributed by atoms with Crippen molar-refractivity contribution in [1.29, 1.82) is 0 Å². The molecule has 26 heavy (non-hydrogen) atoms. The summed E-state index contributed by atoms with van der Waals surface area (Å²) in [7, 11) is 0. The van der Waals surface area contributed by atoms with Crippen LogP contribution in [0.1, 0.15) is 31.0 Å². The maximum atomic E-state index is 13.8. The average Bonchev–Trinajstić information content (AvgIpc) is 2.60. The number of aliphatic imine (C=N–C) groups is 1. The summed E-state index contributed by atoms with van der Waals surface area (Å²) in [5.74, 6) is -0.572. The fourth-order valence-electron chi connectivity index (χ4n) is 2.42. The zero-order valence-electron chi connectivity index (χ0n) is 15.0. The predicted molar refractivity (Wildman–Crippen MR) is 112 cm³/mol. The van der Waals surface area contributed by atoms with Crippen LogP contribution in [-0.4, -0.2) is 30.6 Å². The first-order chi connectivity index (χ1) is 12.1. The highest BCUT2D eigenvalue weighted by molar-refractivity contribution is 14.0. The molecule has 0 aliphatic rings. The van der Waals surface area contributed by atoms with Crippen LogP contribution in [0.15, 0.2) is 47.6 Å². The number of nitrogens with one attached hydrogen (secondary N) is 2. The van der Waals surface area contributed by atoms with Gasteiger partial charge in [-0.3, -0.25) is 9.98 Å². The van der Waals surface area contributed by atoms with Crippen LogP contribution in [0.4, 0.5) is 8.78 Å². The minimum Gasteiger partial charge on any atom is -0.357 e. The standard InChI is InChI=1S/C19H24F2N4.HI/c1-3-22-19(24-11-9-16-6-4-5-10-23-16)25-13-14(2)17-8-7-15(20)12-18(17)21;/h4-8,10,12,14H,3,9,11,13H2,1-2H3,(H2,22,24,25);1H. The Morgan fingerprint density at radius 2 is 2.00 bits per heavy atom. The summed E-state index contributed by atoms with van der Waals surface area (Å²) in [6.07, 6.45) is 2.56. The van der Waals surface area contributed by atoms with Crippen LogP contribution in [-0.2, 0) is 6.42 Å². The molecule has 0 bridgehead atoms. The number of aromatic nitrogens is 1. The van der Waals surface area contributed by atoms with Gasteiger partial charge in [0.15, 0.2) is 5.96 Å². The number of rotatable bonds is 7. The summed E-state index contributed by atoms with van der Waals surface area (Å²) in [6, 6.07) is 9.48. The molecule has 1 unspecified atom stereocenters. The van der Waals surface area contributed by atoms with E-state index >= 15 is 0 Å². The molecule has 0 fully saturated rings. The number of hydrogen-bond acceptors (Lipinski definition) is 2. The molecule has 0 amide bonds. The average molecular weight is 474 g/mol. The normalized spacial score (nSPS) is 12.2. The van der Waals surface area contributed by atoms with E-state index in [0.717, 1.165) is 24.7 Å². The Morgan fingerprint density at radius 1 is 1.19 bits per heavy atom. The van der Waals surface area contributed by atoms with E-state index in [9.17, 15) is 8.78 Å². The van der Waals surface area contributed by atoms with Gasteiger partial charge in [0, 0.05) is 49.9 Å². The Kier molecular flexibility index (Phi) is 10.1. The van der Waals surface area contributed by atoms with E-state index in [-0.39, 0.29) is 29.9 Å². The molecule has 0 radical (unpaired) electrons. The van der Waals surface area contributed by atoms with Gasteiger partial charge in [-0.15, -0.1) is 24.0 Å². The molecule has 2 rings (SSSR count). The number of halogens is 3. The first kappa shape index (κ1) is 22.3. The van der Waals surface area contributed by atoms with Crippen LogP contribution in [0.2, 0.25) is 0 Å². The summed E-state index contributed by atoms with van der Waals surface area (Å²) in [6.45, 7) is 5.69. The second kappa shape index (κ2) is 11.8. The van der Waals surface area contributed by atoms with Crippen molar-refractivity contribution in [2.75, 3.05) is 19.6 Å². The monoisotopic (exact) mass is 474 g/mol. The fraction of sp³-hybridized carbons (Fsp3) is 0.368. The molecule has 142 valence electrons. The number of benzene rings is 1. The zero-order chi connectivity index (χ0) is 18.1. The van der Waals surface area contributed by atoms with Gasteiger partial charge in [-0.1, -0.05) is 19.1 Å². The molecular weight excluding hydrogens is 449 g/mol. The lowest BCUT2D eigenvalue weighted by Crippen LogP contribution is -2.38. The second-order valence-electron chi connectivity index (χ2n) is 5.78. The third kappa shape index (κ3) is 7.23. The van der Waals surface area contributed by atoms with E-state index < -0.39 is 11.6 Å². The summed E-state index contributed by atoms with van der Waals surface area (Å²) >= 11 is 0. The van der Waals surface area contributed by atoms with Crippen molar-refractivity contribution in [1.82, 2.24) is 15.6 Å². The van der Waals surface area contributed by atoms with Crippen molar-refractivity contribution in [3.8, 4) is 0 Å². The van der Waals surface area contributed by atoms with Gasteiger partial charge in [-0.25, -0.2) is 8.78 Å². The summed E-state index contributed by atoms with van der Waals surface area (Å²) in [5, 5.41) is 6.41. The molecule has 0 saturated carbocycles. The first-order valence-corrected chi connectivity index (χ1v) is 8.47. The maximum Gasteiger partial charge on any atom is 0.191 e. The predicted octanol–water partition coefficient (Wildman–Crippen LogP) is 3.88. The van der Waals surface area contributed by atoms with Crippen LogP contribution >= 0.6 is 24.0 Å². The van der Waals surface area contributed by atoms with Crippen molar-refractivity contribution in [2.24, 2.45) is 4.99 Å². The number of pyridine rings is 1. The van der Waals surface area contributed by atoms with Crippen LogP contribution in [0.5, 0.6) is 0 Å². The Bertz CT molecular complexity index is 695. The lowest BCUT2D eigenvalue weighted by molar-refractivity contribution is 0.560. The minimum atomic E-state index is -0.568. The molecule has 7 heteroatoms. The number of nitrogens with zero attached hydrogens (tertiary/aromatic N) is 2.